The summed E-state index contributed by atoms with van der Waals surface area (Å²) in [5, 5.41) is 11.9. The fourth-order valence-electron chi connectivity index (χ4n) is 4.65. The van der Waals surface area contributed by atoms with Crippen LogP contribution in [0.15, 0.2) is 73.1 Å². The molecule has 5 N–H and O–H groups in total. The Morgan fingerprint density at radius 3 is 2.71 bits per heavy atom. The molecule has 38 heavy (non-hydrogen) atoms. The normalized spacial score (nSPS) is 11.6. The number of hydrogen-bond donors (Lipinski definition) is 4. The number of halogens is 1. The maximum absolute atomic E-state index is 14.6. The predicted octanol–water partition coefficient (Wildman–Crippen LogP) is 5.53. The van der Waals surface area contributed by atoms with Crippen molar-refractivity contribution in [2.75, 3.05) is 38.2 Å². The molecule has 0 amide bonds. The van der Waals surface area contributed by atoms with E-state index in [0.717, 1.165) is 68.8 Å². The molecule has 0 atom stereocenters. The molecule has 0 aliphatic carbocycles. The fraction of sp³-hybridized carbons (Fsp3) is 0.138. The van der Waals surface area contributed by atoms with Gasteiger partial charge in [0, 0.05) is 47.6 Å². The Balaban J connectivity index is 1.40. The molecule has 0 spiro atoms. The van der Waals surface area contributed by atoms with E-state index in [1.165, 1.54) is 6.07 Å². The molecule has 2 aromatic carbocycles. The van der Waals surface area contributed by atoms with Crippen LogP contribution in [0.25, 0.3) is 55.7 Å². The smallest absolute Gasteiger partial charge is 0.135 e. The number of aromatic amines is 2. The lowest BCUT2D eigenvalue weighted by molar-refractivity contribution is 0.425. The van der Waals surface area contributed by atoms with Gasteiger partial charge in [-0.15, -0.1) is 0 Å². The third kappa shape index (κ3) is 4.55. The Labute approximate surface area is 218 Å². The maximum atomic E-state index is 14.6. The molecule has 0 unspecified atom stereocenters. The summed E-state index contributed by atoms with van der Waals surface area (Å²) >= 11 is 0. The van der Waals surface area contributed by atoms with Crippen molar-refractivity contribution in [3.63, 3.8) is 0 Å². The average molecular weight is 507 g/mol. The van der Waals surface area contributed by atoms with Crippen LogP contribution in [0.4, 0.5) is 15.8 Å². The van der Waals surface area contributed by atoms with Gasteiger partial charge < -0.3 is 20.9 Å². The predicted molar refractivity (Wildman–Crippen MR) is 151 cm³/mol. The Morgan fingerprint density at radius 1 is 0.974 bits per heavy atom. The number of hydrogen-bond acceptors (Lipinski definition) is 6. The summed E-state index contributed by atoms with van der Waals surface area (Å²) in [4.78, 5) is 14.6. The molecule has 4 aromatic heterocycles. The zero-order chi connectivity index (χ0) is 26.2. The van der Waals surface area contributed by atoms with Gasteiger partial charge in [-0.05, 0) is 73.8 Å². The Bertz CT molecular complexity index is 1770. The molecular weight excluding hydrogens is 479 g/mol. The molecule has 0 saturated carbocycles. The van der Waals surface area contributed by atoms with E-state index >= 15 is 0 Å². The topological polar surface area (TPSA) is 112 Å². The summed E-state index contributed by atoms with van der Waals surface area (Å²) < 4.78 is 14.6. The van der Waals surface area contributed by atoms with Crippen molar-refractivity contribution >= 4 is 33.3 Å². The van der Waals surface area contributed by atoms with Gasteiger partial charge in [0.15, 0.2) is 0 Å². The quantitative estimate of drug-likeness (QED) is 0.227. The van der Waals surface area contributed by atoms with Crippen molar-refractivity contribution in [1.82, 2.24) is 30.0 Å². The van der Waals surface area contributed by atoms with Crippen LogP contribution in [0.2, 0.25) is 0 Å². The first-order valence-corrected chi connectivity index (χ1v) is 12.3. The highest BCUT2D eigenvalue weighted by Crippen LogP contribution is 2.35. The molecule has 6 aromatic rings. The lowest BCUT2D eigenvalue weighted by Gasteiger charge is -2.13. The number of likely N-dealkylation sites (N-methyl/N-ethyl adjacent to an activating group) is 1. The second kappa shape index (κ2) is 9.60. The second-order valence-corrected chi connectivity index (χ2v) is 9.58. The van der Waals surface area contributed by atoms with Gasteiger partial charge >= 0.3 is 0 Å². The standard InChI is InChI=1S/C29H27FN8/c1-38(2)9-8-33-21-12-17(10-19(30)13-21)22-4-3-5-25-23(22)14-27(34-25)29-28-26(36-37-29)7-6-24(35-28)18-11-20(31)16-32-15-18/h3-7,10-16,33-34H,8-9,31H2,1-2H3,(H,36,37). The number of benzene rings is 2. The zero-order valence-electron chi connectivity index (χ0n) is 21.1. The molecule has 0 aliphatic rings. The molecule has 0 bridgehead atoms. The number of nitrogen functional groups attached to an aromatic ring is 1. The van der Waals surface area contributed by atoms with Crippen LogP contribution in [-0.4, -0.2) is 57.2 Å². The van der Waals surface area contributed by atoms with Gasteiger partial charge in [0.1, 0.15) is 17.0 Å². The fourth-order valence-corrected chi connectivity index (χ4v) is 4.65. The minimum Gasteiger partial charge on any atom is -0.397 e. The van der Waals surface area contributed by atoms with Gasteiger partial charge in [0.2, 0.25) is 0 Å². The molecule has 8 nitrogen and oxygen atoms in total. The van der Waals surface area contributed by atoms with E-state index in [1.54, 1.807) is 18.5 Å². The highest BCUT2D eigenvalue weighted by molar-refractivity contribution is 6.00. The van der Waals surface area contributed by atoms with Crippen molar-refractivity contribution in [1.29, 1.82) is 0 Å². The first kappa shape index (κ1) is 23.6. The number of H-pyrrole nitrogens is 2. The number of nitrogens with two attached hydrogens (primary N) is 1. The molecule has 4 heterocycles. The molecule has 9 heteroatoms. The molecule has 0 aliphatic heterocycles. The third-order valence-electron chi connectivity index (χ3n) is 6.48. The molecular formula is C29H27FN8. The maximum Gasteiger partial charge on any atom is 0.135 e. The highest BCUT2D eigenvalue weighted by atomic mass is 19.1. The van der Waals surface area contributed by atoms with E-state index in [0.29, 0.717) is 11.4 Å². The van der Waals surface area contributed by atoms with E-state index in [1.807, 2.05) is 62.6 Å². The van der Waals surface area contributed by atoms with Crippen molar-refractivity contribution < 1.29 is 4.39 Å². The first-order chi connectivity index (χ1) is 18.4. The van der Waals surface area contributed by atoms with Crippen LogP contribution in [0, 0.1) is 5.82 Å². The Hall–Kier alpha value is -4.76. The Morgan fingerprint density at radius 2 is 1.87 bits per heavy atom. The SMILES string of the molecule is CN(C)CCNc1cc(F)cc(-c2cccc3[nH]c(-c4n[nH]c5ccc(-c6cncc(N)c6)nc45)cc23)c1. The van der Waals surface area contributed by atoms with Crippen LogP contribution >= 0.6 is 0 Å². The number of aromatic nitrogens is 5. The highest BCUT2D eigenvalue weighted by Gasteiger charge is 2.16. The van der Waals surface area contributed by atoms with E-state index < -0.39 is 0 Å². The molecule has 0 radical (unpaired) electrons. The number of anilines is 2. The summed E-state index contributed by atoms with van der Waals surface area (Å²) in [7, 11) is 4.02. The number of pyridine rings is 2. The molecule has 190 valence electrons. The van der Waals surface area contributed by atoms with Crippen molar-refractivity contribution in [3.8, 4) is 33.8 Å². The van der Waals surface area contributed by atoms with Crippen molar-refractivity contribution in [2.24, 2.45) is 0 Å². The van der Waals surface area contributed by atoms with Gasteiger partial charge in [0.25, 0.3) is 0 Å². The molecule has 0 fully saturated rings. The van der Waals surface area contributed by atoms with Crippen LogP contribution in [0.3, 0.4) is 0 Å². The van der Waals surface area contributed by atoms with Gasteiger partial charge in [-0.3, -0.25) is 10.1 Å². The lowest BCUT2D eigenvalue weighted by atomic mass is 10.0. The summed E-state index contributed by atoms with van der Waals surface area (Å²) in [6.07, 6.45) is 3.34. The van der Waals surface area contributed by atoms with E-state index in [-0.39, 0.29) is 5.82 Å². The van der Waals surface area contributed by atoms with Crippen molar-refractivity contribution in [3.05, 3.63) is 78.9 Å². The average Bonchev–Trinajstić information content (AvgIpc) is 3.51. The van der Waals surface area contributed by atoms with Crippen molar-refractivity contribution in [2.45, 2.75) is 0 Å². The summed E-state index contributed by atoms with van der Waals surface area (Å²) in [5.41, 5.74) is 14.6. The van der Waals surface area contributed by atoms with Crippen LogP contribution in [0.5, 0.6) is 0 Å². The summed E-state index contributed by atoms with van der Waals surface area (Å²) in [5.74, 6) is -0.284. The van der Waals surface area contributed by atoms with Crippen LogP contribution < -0.4 is 11.1 Å². The second-order valence-electron chi connectivity index (χ2n) is 9.58. The summed E-state index contributed by atoms with van der Waals surface area (Å²) in [6.45, 7) is 1.57. The van der Waals surface area contributed by atoms with Gasteiger partial charge in [-0.1, -0.05) is 12.1 Å². The molecule has 6 rings (SSSR count). The van der Waals surface area contributed by atoms with Crippen LogP contribution in [0.1, 0.15) is 0 Å². The minimum absolute atomic E-state index is 0.284. The number of fused-ring (bicyclic) bond motifs is 2. The minimum atomic E-state index is -0.284. The lowest BCUT2D eigenvalue weighted by Crippen LogP contribution is -2.20. The van der Waals surface area contributed by atoms with Gasteiger partial charge in [-0.25, -0.2) is 9.37 Å². The first-order valence-electron chi connectivity index (χ1n) is 12.3. The van der Waals surface area contributed by atoms with E-state index in [2.05, 4.69) is 30.4 Å². The zero-order valence-corrected chi connectivity index (χ0v) is 21.1. The van der Waals surface area contributed by atoms with E-state index in [4.69, 9.17) is 10.7 Å². The van der Waals surface area contributed by atoms with Gasteiger partial charge in [-0.2, -0.15) is 5.10 Å². The summed E-state index contributed by atoms with van der Waals surface area (Å²) in [6, 6.07) is 18.8. The van der Waals surface area contributed by atoms with Gasteiger partial charge in [0.05, 0.1) is 22.6 Å². The Kier molecular flexibility index (Phi) is 5.97. The third-order valence-corrected chi connectivity index (χ3v) is 6.48. The molecule has 0 saturated heterocycles. The van der Waals surface area contributed by atoms with E-state index in [9.17, 15) is 4.39 Å². The van der Waals surface area contributed by atoms with Crippen LogP contribution in [-0.2, 0) is 0 Å². The number of nitrogens with one attached hydrogen (secondary N) is 3. The number of nitrogens with zero attached hydrogens (tertiary/aromatic N) is 4. The number of rotatable bonds is 7. The largest absolute Gasteiger partial charge is 0.397 e. The monoisotopic (exact) mass is 506 g/mol.